The number of piperidine rings is 1. The Morgan fingerprint density at radius 2 is 2.05 bits per heavy atom. The summed E-state index contributed by atoms with van der Waals surface area (Å²) in [5.74, 6) is 1.09. The summed E-state index contributed by atoms with van der Waals surface area (Å²) in [5.41, 5.74) is 0.726. The molecule has 0 spiro atoms. The maximum Gasteiger partial charge on any atom is 0.387 e. The third kappa shape index (κ3) is 4.86. The number of carbonyl (C=O) groups is 1. The van der Waals surface area contributed by atoms with Crippen molar-refractivity contribution in [3.05, 3.63) is 29.8 Å². The van der Waals surface area contributed by atoms with Crippen molar-refractivity contribution >= 4 is 6.03 Å². The molecule has 4 nitrogen and oxygen atoms in total. The lowest BCUT2D eigenvalue weighted by molar-refractivity contribution is -0.0498. The van der Waals surface area contributed by atoms with Gasteiger partial charge < -0.3 is 15.0 Å². The highest BCUT2D eigenvalue weighted by Crippen LogP contribution is 2.21. The topological polar surface area (TPSA) is 41.6 Å². The summed E-state index contributed by atoms with van der Waals surface area (Å²) in [6.45, 7) is 3.23. The van der Waals surface area contributed by atoms with Crippen LogP contribution in [-0.4, -0.2) is 30.6 Å². The quantitative estimate of drug-likeness (QED) is 0.925. The maximum absolute atomic E-state index is 12.2. The molecule has 1 fully saturated rings. The molecule has 0 aromatic heterocycles. The second-order valence-electron chi connectivity index (χ2n) is 6.04. The number of halogens is 2. The van der Waals surface area contributed by atoms with Gasteiger partial charge in [-0.15, -0.1) is 0 Å². The van der Waals surface area contributed by atoms with Crippen molar-refractivity contribution < 1.29 is 18.3 Å². The molecule has 1 heterocycles. The highest BCUT2D eigenvalue weighted by Gasteiger charge is 2.25. The summed E-state index contributed by atoms with van der Waals surface area (Å²) in [6, 6.07) is 6.25. The molecule has 0 saturated carbocycles. The number of urea groups is 1. The number of amides is 2. The molecule has 2 rings (SSSR count). The van der Waals surface area contributed by atoms with E-state index in [0.717, 1.165) is 25.1 Å². The summed E-state index contributed by atoms with van der Waals surface area (Å²) in [6.07, 6.45) is 1.14. The summed E-state index contributed by atoms with van der Waals surface area (Å²) in [7, 11) is 0. The first-order valence-electron chi connectivity index (χ1n) is 7.50. The van der Waals surface area contributed by atoms with Crippen LogP contribution in [0.5, 0.6) is 5.75 Å². The molecule has 1 aromatic rings. The number of benzene rings is 1. The average molecular weight is 312 g/mol. The fraction of sp³-hybridized carbons (Fsp3) is 0.562. The molecule has 1 aliphatic rings. The minimum atomic E-state index is -2.85. The summed E-state index contributed by atoms with van der Waals surface area (Å²) < 4.78 is 28.7. The zero-order valence-corrected chi connectivity index (χ0v) is 12.9. The van der Waals surface area contributed by atoms with Crippen LogP contribution in [0.25, 0.3) is 0 Å². The third-order valence-corrected chi connectivity index (χ3v) is 3.72. The van der Waals surface area contributed by atoms with E-state index >= 15 is 0 Å². The van der Waals surface area contributed by atoms with Crippen LogP contribution in [0.4, 0.5) is 13.6 Å². The molecule has 0 aliphatic carbocycles. The zero-order chi connectivity index (χ0) is 16.1. The number of ether oxygens (including phenoxy) is 1. The van der Waals surface area contributed by atoms with Crippen molar-refractivity contribution in [3.8, 4) is 5.75 Å². The van der Waals surface area contributed by atoms with Crippen LogP contribution in [0, 0.1) is 11.8 Å². The minimum Gasteiger partial charge on any atom is -0.435 e. The number of carbonyl (C=O) groups excluding carboxylic acids is 1. The van der Waals surface area contributed by atoms with E-state index in [9.17, 15) is 13.6 Å². The zero-order valence-electron chi connectivity index (χ0n) is 12.9. The van der Waals surface area contributed by atoms with Crippen molar-refractivity contribution in [2.75, 3.05) is 13.1 Å². The largest absolute Gasteiger partial charge is 0.435 e. The molecule has 6 heteroatoms. The first-order valence-corrected chi connectivity index (χ1v) is 7.50. The smallest absolute Gasteiger partial charge is 0.387 e. The SMILES string of the molecule is CC1CC(C)CN(C(=O)NCc2cccc(OC(F)F)c2)C1. The molecule has 2 amide bonds. The van der Waals surface area contributed by atoms with E-state index in [2.05, 4.69) is 23.9 Å². The van der Waals surface area contributed by atoms with Gasteiger partial charge >= 0.3 is 12.6 Å². The third-order valence-electron chi connectivity index (χ3n) is 3.72. The van der Waals surface area contributed by atoms with Crippen LogP contribution in [0.3, 0.4) is 0 Å². The van der Waals surface area contributed by atoms with Gasteiger partial charge in [0.1, 0.15) is 5.75 Å². The van der Waals surface area contributed by atoms with Crippen molar-refractivity contribution in [1.82, 2.24) is 10.2 Å². The Labute approximate surface area is 129 Å². The number of hydrogen-bond acceptors (Lipinski definition) is 2. The fourth-order valence-corrected chi connectivity index (χ4v) is 2.95. The van der Waals surface area contributed by atoms with Crippen LogP contribution in [0.1, 0.15) is 25.8 Å². The first kappa shape index (κ1) is 16.5. The number of likely N-dealkylation sites (tertiary alicyclic amines) is 1. The number of rotatable bonds is 4. The molecular weight excluding hydrogens is 290 g/mol. The lowest BCUT2D eigenvalue weighted by Gasteiger charge is -2.34. The maximum atomic E-state index is 12.2. The van der Waals surface area contributed by atoms with Gasteiger partial charge in [-0.25, -0.2) is 4.79 Å². The van der Waals surface area contributed by atoms with E-state index in [1.54, 1.807) is 12.1 Å². The van der Waals surface area contributed by atoms with Gasteiger partial charge in [0.15, 0.2) is 0 Å². The van der Waals surface area contributed by atoms with E-state index in [1.807, 2.05) is 4.90 Å². The number of alkyl halides is 2. The molecule has 0 bridgehead atoms. The molecule has 1 saturated heterocycles. The van der Waals surface area contributed by atoms with Gasteiger partial charge in [-0.2, -0.15) is 8.78 Å². The number of nitrogens with one attached hydrogen (secondary N) is 1. The molecule has 0 radical (unpaired) electrons. The summed E-state index contributed by atoms with van der Waals surface area (Å²) >= 11 is 0. The van der Waals surface area contributed by atoms with Crippen molar-refractivity contribution in [2.24, 2.45) is 11.8 Å². The molecule has 22 heavy (non-hydrogen) atoms. The molecule has 2 atom stereocenters. The molecule has 2 unspecified atom stereocenters. The predicted molar refractivity (Wildman–Crippen MR) is 79.8 cm³/mol. The van der Waals surface area contributed by atoms with Gasteiger partial charge in [-0.05, 0) is 36.0 Å². The average Bonchev–Trinajstić information content (AvgIpc) is 2.43. The number of nitrogens with zero attached hydrogens (tertiary/aromatic N) is 1. The molecule has 122 valence electrons. The van der Waals surface area contributed by atoms with Crippen LogP contribution < -0.4 is 10.1 Å². The van der Waals surface area contributed by atoms with Crippen LogP contribution in [-0.2, 0) is 6.54 Å². The Balaban J connectivity index is 1.88. The van der Waals surface area contributed by atoms with Crippen LogP contribution in [0.15, 0.2) is 24.3 Å². The lowest BCUT2D eigenvalue weighted by Crippen LogP contribution is -2.47. The van der Waals surface area contributed by atoms with Gasteiger partial charge in [-0.1, -0.05) is 26.0 Å². The normalized spacial score (nSPS) is 21.8. The van der Waals surface area contributed by atoms with E-state index in [1.165, 1.54) is 12.1 Å². The van der Waals surface area contributed by atoms with E-state index in [4.69, 9.17) is 0 Å². The molecule has 1 aliphatic heterocycles. The van der Waals surface area contributed by atoms with E-state index in [-0.39, 0.29) is 11.8 Å². The minimum absolute atomic E-state index is 0.0990. The van der Waals surface area contributed by atoms with Crippen molar-refractivity contribution in [1.29, 1.82) is 0 Å². The van der Waals surface area contributed by atoms with Crippen LogP contribution in [0.2, 0.25) is 0 Å². The Kier molecular flexibility index (Phi) is 5.57. The van der Waals surface area contributed by atoms with Gasteiger partial charge in [0.25, 0.3) is 0 Å². The fourth-order valence-electron chi connectivity index (χ4n) is 2.95. The second kappa shape index (κ2) is 7.42. The Hall–Kier alpha value is -1.85. The monoisotopic (exact) mass is 312 g/mol. The second-order valence-corrected chi connectivity index (χ2v) is 6.04. The van der Waals surface area contributed by atoms with Crippen molar-refractivity contribution in [2.45, 2.75) is 33.4 Å². The number of hydrogen-bond donors (Lipinski definition) is 1. The molecule has 1 aromatic carbocycles. The van der Waals surface area contributed by atoms with Gasteiger partial charge in [0, 0.05) is 19.6 Å². The van der Waals surface area contributed by atoms with Crippen LogP contribution >= 0.6 is 0 Å². The van der Waals surface area contributed by atoms with E-state index < -0.39 is 6.61 Å². The van der Waals surface area contributed by atoms with Gasteiger partial charge in [-0.3, -0.25) is 0 Å². The predicted octanol–water partition coefficient (Wildman–Crippen LogP) is 3.48. The van der Waals surface area contributed by atoms with E-state index in [0.29, 0.717) is 18.4 Å². The molecule has 1 N–H and O–H groups in total. The van der Waals surface area contributed by atoms with Crippen molar-refractivity contribution in [3.63, 3.8) is 0 Å². The Morgan fingerprint density at radius 3 is 2.68 bits per heavy atom. The molecular formula is C16H22F2N2O2. The Bertz CT molecular complexity index is 501. The summed E-state index contributed by atoms with van der Waals surface area (Å²) in [5, 5.41) is 2.83. The first-order chi connectivity index (χ1) is 10.4. The van der Waals surface area contributed by atoms with Gasteiger partial charge in [0.2, 0.25) is 0 Å². The summed E-state index contributed by atoms with van der Waals surface area (Å²) in [4.78, 5) is 14.0. The highest BCUT2D eigenvalue weighted by atomic mass is 19.3. The highest BCUT2D eigenvalue weighted by molar-refractivity contribution is 5.74. The lowest BCUT2D eigenvalue weighted by atomic mass is 9.92. The van der Waals surface area contributed by atoms with Gasteiger partial charge in [0.05, 0.1) is 0 Å². The standard InChI is InChI=1S/C16H22F2N2O2/c1-11-6-12(2)10-20(9-11)16(21)19-8-13-4-3-5-14(7-13)22-15(17)18/h3-5,7,11-12,15H,6,8-10H2,1-2H3,(H,19,21). The Morgan fingerprint density at radius 1 is 1.36 bits per heavy atom.